The van der Waals surface area contributed by atoms with Crippen LogP contribution in [0.15, 0.2) is 42.5 Å². The summed E-state index contributed by atoms with van der Waals surface area (Å²) in [6.45, 7) is 5.37. The van der Waals surface area contributed by atoms with Gasteiger partial charge in [-0.25, -0.2) is 9.78 Å². The molecule has 7 nitrogen and oxygen atoms in total. The Kier molecular flexibility index (Phi) is 5.71. The number of amides is 2. The molecule has 1 saturated heterocycles. The first-order valence-corrected chi connectivity index (χ1v) is 10.5. The van der Waals surface area contributed by atoms with E-state index in [1.807, 2.05) is 48.2 Å². The number of carbonyl (C=O) groups is 1. The standard InChI is InChI=1S/C21H24N4O3S/c1-3-28-17-8-5-9-18-19(17)23-21(29-18)25-12-10-24(11-13-25)20(26)22-15-6-4-7-16(14-15)27-2/h4-9,14H,3,10-13H2,1-2H3,(H,22,26). The number of methoxy groups -OCH3 is 1. The fourth-order valence-electron chi connectivity index (χ4n) is 3.32. The van der Waals surface area contributed by atoms with Crippen molar-refractivity contribution >= 4 is 38.4 Å². The third-order valence-electron chi connectivity index (χ3n) is 4.83. The normalized spacial score (nSPS) is 14.1. The van der Waals surface area contributed by atoms with E-state index in [1.165, 1.54) is 0 Å². The van der Waals surface area contributed by atoms with Crippen molar-refractivity contribution in [3.05, 3.63) is 42.5 Å². The van der Waals surface area contributed by atoms with Crippen LogP contribution in [-0.2, 0) is 0 Å². The van der Waals surface area contributed by atoms with Crippen LogP contribution < -0.4 is 19.7 Å². The van der Waals surface area contributed by atoms with E-state index >= 15 is 0 Å². The summed E-state index contributed by atoms with van der Waals surface area (Å²) >= 11 is 1.66. The smallest absolute Gasteiger partial charge is 0.321 e. The lowest BCUT2D eigenvalue weighted by Crippen LogP contribution is -2.50. The number of piperazine rings is 1. The average Bonchev–Trinajstić information content (AvgIpc) is 3.19. The zero-order valence-corrected chi connectivity index (χ0v) is 17.4. The van der Waals surface area contributed by atoms with Crippen LogP contribution in [0, 0.1) is 0 Å². The molecule has 0 radical (unpaired) electrons. The highest BCUT2D eigenvalue weighted by Crippen LogP contribution is 2.34. The van der Waals surface area contributed by atoms with E-state index in [0.717, 1.165) is 45.6 Å². The number of fused-ring (bicyclic) bond motifs is 1. The van der Waals surface area contributed by atoms with E-state index in [4.69, 9.17) is 14.5 Å². The van der Waals surface area contributed by atoms with Gasteiger partial charge in [0.05, 0.1) is 18.4 Å². The predicted molar refractivity (Wildman–Crippen MR) is 117 cm³/mol. The summed E-state index contributed by atoms with van der Waals surface area (Å²) in [5, 5.41) is 3.92. The van der Waals surface area contributed by atoms with E-state index in [9.17, 15) is 4.79 Å². The number of benzene rings is 2. The maximum absolute atomic E-state index is 12.6. The summed E-state index contributed by atoms with van der Waals surface area (Å²) in [4.78, 5) is 21.5. The summed E-state index contributed by atoms with van der Waals surface area (Å²) in [7, 11) is 1.61. The third kappa shape index (κ3) is 4.22. The second-order valence-electron chi connectivity index (χ2n) is 6.67. The van der Waals surface area contributed by atoms with E-state index in [2.05, 4.69) is 16.3 Å². The van der Waals surface area contributed by atoms with Crippen LogP contribution in [-0.4, -0.2) is 55.8 Å². The van der Waals surface area contributed by atoms with Crippen molar-refractivity contribution in [1.29, 1.82) is 0 Å². The molecule has 1 N–H and O–H groups in total. The Hall–Kier alpha value is -3.00. The minimum Gasteiger partial charge on any atom is -0.497 e. The molecule has 1 aliphatic rings. The molecule has 0 atom stereocenters. The number of aromatic nitrogens is 1. The van der Waals surface area contributed by atoms with Gasteiger partial charge in [-0.2, -0.15) is 0 Å². The molecular formula is C21H24N4O3S. The van der Waals surface area contributed by atoms with Gasteiger partial charge in [0.25, 0.3) is 0 Å². The van der Waals surface area contributed by atoms with Gasteiger partial charge in [0.1, 0.15) is 17.0 Å². The van der Waals surface area contributed by atoms with E-state index in [1.54, 1.807) is 18.4 Å². The van der Waals surface area contributed by atoms with E-state index in [0.29, 0.717) is 19.7 Å². The van der Waals surface area contributed by atoms with Crippen molar-refractivity contribution in [2.75, 3.05) is 50.1 Å². The van der Waals surface area contributed by atoms with Crippen molar-refractivity contribution < 1.29 is 14.3 Å². The molecule has 0 saturated carbocycles. The summed E-state index contributed by atoms with van der Waals surface area (Å²) < 4.78 is 12.0. The number of anilines is 2. The summed E-state index contributed by atoms with van der Waals surface area (Å²) in [5.41, 5.74) is 1.64. The summed E-state index contributed by atoms with van der Waals surface area (Å²) in [6.07, 6.45) is 0. The van der Waals surface area contributed by atoms with Crippen molar-refractivity contribution in [3.63, 3.8) is 0 Å². The van der Waals surface area contributed by atoms with Gasteiger partial charge in [0, 0.05) is 37.9 Å². The van der Waals surface area contributed by atoms with Gasteiger partial charge < -0.3 is 24.6 Å². The Morgan fingerprint density at radius 3 is 2.72 bits per heavy atom. The van der Waals surface area contributed by atoms with Crippen molar-refractivity contribution in [1.82, 2.24) is 9.88 Å². The topological polar surface area (TPSA) is 66.9 Å². The molecule has 4 rings (SSSR count). The zero-order valence-electron chi connectivity index (χ0n) is 16.6. The highest BCUT2D eigenvalue weighted by atomic mass is 32.1. The molecule has 0 bridgehead atoms. The molecule has 1 aromatic heterocycles. The molecule has 2 amide bonds. The third-order valence-corrected chi connectivity index (χ3v) is 5.91. The van der Waals surface area contributed by atoms with Gasteiger partial charge in [-0.1, -0.05) is 23.5 Å². The molecule has 152 valence electrons. The molecule has 0 unspecified atom stereocenters. The number of hydrogen-bond donors (Lipinski definition) is 1. The first kappa shape index (κ1) is 19.3. The Morgan fingerprint density at radius 1 is 1.17 bits per heavy atom. The highest BCUT2D eigenvalue weighted by molar-refractivity contribution is 7.22. The number of carbonyl (C=O) groups excluding carboxylic acids is 1. The van der Waals surface area contributed by atoms with Gasteiger partial charge in [0.15, 0.2) is 5.13 Å². The summed E-state index contributed by atoms with van der Waals surface area (Å²) in [5.74, 6) is 1.54. The van der Waals surface area contributed by atoms with Crippen LogP contribution >= 0.6 is 11.3 Å². The number of nitrogens with zero attached hydrogens (tertiary/aromatic N) is 3. The van der Waals surface area contributed by atoms with Gasteiger partial charge in [-0.15, -0.1) is 0 Å². The first-order chi connectivity index (χ1) is 14.2. The Morgan fingerprint density at radius 2 is 1.97 bits per heavy atom. The number of thiazole rings is 1. The van der Waals surface area contributed by atoms with Crippen LogP contribution in [0.25, 0.3) is 10.2 Å². The van der Waals surface area contributed by atoms with Crippen molar-refractivity contribution in [2.24, 2.45) is 0 Å². The molecule has 0 spiro atoms. The molecule has 0 aliphatic carbocycles. The van der Waals surface area contributed by atoms with Gasteiger partial charge >= 0.3 is 6.03 Å². The second-order valence-corrected chi connectivity index (χ2v) is 7.68. The number of hydrogen-bond acceptors (Lipinski definition) is 6. The second kappa shape index (κ2) is 8.57. The minimum atomic E-state index is -0.0964. The molecule has 1 fully saturated rings. The molecule has 1 aliphatic heterocycles. The Bertz CT molecular complexity index is 999. The van der Waals surface area contributed by atoms with Crippen LogP contribution in [0.4, 0.5) is 15.6 Å². The molecule has 2 heterocycles. The van der Waals surface area contributed by atoms with Crippen molar-refractivity contribution in [3.8, 4) is 11.5 Å². The summed E-state index contributed by atoms with van der Waals surface area (Å²) in [6, 6.07) is 13.3. The number of rotatable bonds is 5. The van der Waals surface area contributed by atoms with Crippen LogP contribution in [0.2, 0.25) is 0 Å². The fourth-order valence-corrected chi connectivity index (χ4v) is 4.36. The molecule has 29 heavy (non-hydrogen) atoms. The lowest BCUT2D eigenvalue weighted by Gasteiger charge is -2.34. The predicted octanol–water partition coefficient (Wildman–Crippen LogP) is 4.06. The number of para-hydroxylation sites is 1. The molecule has 2 aromatic carbocycles. The van der Waals surface area contributed by atoms with Gasteiger partial charge in [0.2, 0.25) is 0 Å². The average molecular weight is 413 g/mol. The highest BCUT2D eigenvalue weighted by Gasteiger charge is 2.23. The maximum atomic E-state index is 12.6. The van der Waals surface area contributed by atoms with E-state index < -0.39 is 0 Å². The fraction of sp³-hybridized carbons (Fsp3) is 0.333. The van der Waals surface area contributed by atoms with Gasteiger partial charge in [-0.3, -0.25) is 0 Å². The Balaban J connectivity index is 1.39. The number of nitrogens with one attached hydrogen (secondary N) is 1. The van der Waals surface area contributed by atoms with Crippen molar-refractivity contribution in [2.45, 2.75) is 6.92 Å². The minimum absolute atomic E-state index is 0.0964. The van der Waals surface area contributed by atoms with Crippen LogP contribution in [0.5, 0.6) is 11.5 Å². The molecular weight excluding hydrogens is 388 g/mol. The van der Waals surface area contributed by atoms with Crippen LogP contribution in [0.1, 0.15) is 6.92 Å². The van der Waals surface area contributed by atoms with E-state index in [-0.39, 0.29) is 6.03 Å². The number of urea groups is 1. The molecule has 8 heteroatoms. The number of ether oxygens (including phenoxy) is 2. The first-order valence-electron chi connectivity index (χ1n) is 9.65. The van der Waals surface area contributed by atoms with Crippen LogP contribution in [0.3, 0.4) is 0 Å². The zero-order chi connectivity index (χ0) is 20.2. The Labute approximate surface area is 173 Å². The lowest BCUT2D eigenvalue weighted by molar-refractivity contribution is 0.208. The molecule has 3 aromatic rings. The quantitative estimate of drug-likeness (QED) is 0.685. The lowest BCUT2D eigenvalue weighted by atomic mass is 10.3. The monoisotopic (exact) mass is 412 g/mol. The SMILES string of the molecule is CCOc1cccc2sc(N3CCN(C(=O)Nc4cccc(OC)c4)CC3)nc12. The maximum Gasteiger partial charge on any atom is 0.321 e. The van der Waals surface area contributed by atoms with Gasteiger partial charge in [-0.05, 0) is 31.2 Å². The largest absolute Gasteiger partial charge is 0.497 e.